The van der Waals surface area contributed by atoms with Crippen LogP contribution in [0, 0.1) is 0 Å². The summed E-state index contributed by atoms with van der Waals surface area (Å²) < 4.78 is 5.43. The Hall–Kier alpha value is -1.66. The molecule has 348 valence electrons. The van der Waals surface area contributed by atoms with E-state index in [0.29, 0.717) is 19.4 Å². The Balaban J connectivity index is 3.55. The first-order valence-corrected chi connectivity index (χ1v) is 26.1. The van der Waals surface area contributed by atoms with Gasteiger partial charge in [0.05, 0.1) is 25.4 Å². The number of hydrogen-bond acceptors (Lipinski definition) is 5. The van der Waals surface area contributed by atoms with Crippen molar-refractivity contribution in [3.8, 4) is 0 Å². The number of allylic oxidation sites excluding steroid dienone is 3. The lowest BCUT2D eigenvalue weighted by Crippen LogP contribution is -2.45. The first-order valence-electron chi connectivity index (χ1n) is 26.1. The summed E-state index contributed by atoms with van der Waals surface area (Å²) in [5, 5.41) is 23.1. The zero-order valence-electron chi connectivity index (χ0n) is 39.5. The number of hydrogen-bond donors (Lipinski definition) is 3. The number of rotatable bonds is 48. The molecule has 2 atom stereocenters. The van der Waals surface area contributed by atoms with Crippen LogP contribution in [0.5, 0.6) is 0 Å². The van der Waals surface area contributed by atoms with Crippen LogP contribution in [0.3, 0.4) is 0 Å². The van der Waals surface area contributed by atoms with Crippen molar-refractivity contribution in [1.82, 2.24) is 5.32 Å². The number of carbonyl (C=O) groups is 2. The summed E-state index contributed by atoms with van der Waals surface area (Å²) in [5.41, 5.74) is 0. The minimum absolute atomic E-state index is 0.0237. The topological polar surface area (TPSA) is 95.9 Å². The van der Waals surface area contributed by atoms with Gasteiger partial charge in [-0.3, -0.25) is 9.59 Å². The van der Waals surface area contributed by atoms with Crippen LogP contribution < -0.4 is 5.32 Å². The molecule has 0 aromatic heterocycles. The molecule has 0 radical (unpaired) electrons. The Labute approximate surface area is 367 Å². The van der Waals surface area contributed by atoms with Gasteiger partial charge < -0.3 is 20.3 Å². The SMILES string of the molecule is CCCCCCCCCCCCCCCCCC/C=C/C(O)C(CO)NC(=O)CCCCCCC/C=C\CCCCCOC(=O)CCCCCCCCCCCCCC. The van der Waals surface area contributed by atoms with E-state index in [2.05, 4.69) is 31.3 Å². The van der Waals surface area contributed by atoms with Gasteiger partial charge in [-0.25, -0.2) is 0 Å². The summed E-state index contributed by atoms with van der Waals surface area (Å²) in [6.45, 7) is 4.85. The molecule has 6 heteroatoms. The second-order valence-corrected chi connectivity index (χ2v) is 17.9. The average molecular weight is 832 g/mol. The molecule has 0 heterocycles. The minimum Gasteiger partial charge on any atom is -0.466 e. The van der Waals surface area contributed by atoms with Gasteiger partial charge in [-0.05, 0) is 64.2 Å². The fourth-order valence-electron chi connectivity index (χ4n) is 7.92. The van der Waals surface area contributed by atoms with Crippen molar-refractivity contribution in [1.29, 1.82) is 0 Å². The van der Waals surface area contributed by atoms with Gasteiger partial charge in [-0.1, -0.05) is 224 Å². The summed E-state index contributed by atoms with van der Waals surface area (Å²) >= 11 is 0. The van der Waals surface area contributed by atoms with E-state index >= 15 is 0 Å². The molecule has 3 N–H and O–H groups in total. The van der Waals surface area contributed by atoms with E-state index in [4.69, 9.17) is 4.74 Å². The summed E-state index contributed by atoms with van der Waals surface area (Å²) in [5.74, 6) is -0.116. The molecule has 0 aromatic carbocycles. The van der Waals surface area contributed by atoms with Crippen LogP contribution in [-0.4, -0.2) is 47.4 Å². The van der Waals surface area contributed by atoms with E-state index in [9.17, 15) is 19.8 Å². The molecule has 0 rings (SSSR count). The number of amides is 1. The fourth-order valence-corrected chi connectivity index (χ4v) is 7.92. The average Bonchev–Trinajstić information content (AvgIpc) is 3.24. The Morgan fingerprint density at radius 1 is 0.458 bits per heavy atom. The number of ether oxygens (including phenoxy) is 1. The fraction of sp³-hybridized carbons (Fsp3) is 0.887. The molecule has 59 heavy (non-hydrogen) atoms. The highest BCUT2D eigenvalue weighted by molar-refractivity contribution is 5.76. The van der Waals surface area contributed by atoms with E-state index in [0.717, 1.165) is 77.0 Å². The van der Waals surface area contributed by atoms with Gasteiger partial charge in [0.25, 0.3) is 0 Å². The molecule has 0 saturated carbocycles. The van der Waals surface area contributed by atoms with Crippen molar-refractivity contribution < 1.29 is 24.5 Å². The molecular weight excluding hydrogens is 731 g/mol. The molecule has 2 unspecified atom stereocenters. The summed E-state index contributed by atoms with van der Waals surface area (Å²) in [6, 6.07) is -0.646. The maximum atomic E-state index is 12.4. The number of carbonyl (C=O) groups excluding carboxylic acids is 2. The predicted molar refractivity (Wildman–Crippen MR) is 255 cm³/mol. The van der Waals surface area contributed by atoms with Crippen LogP contribution in [0.15, 0.2) is 24.3 Å². The maximum absolute atomic E-state index is 12.4. The molecule has 0 spiro atoms. The van der Waals surface area contributed by atoms with Crippen molar-refractivity contribution in [2.45, 2.75) is 289 Å². The number of aliphatic hydroxyl groups excluding tert-OH is 2. The van der Waals surface area contributed by atoms with Crippen LogP contribution in [0.25, 0.3) is 0 Å². The number of aliphatic hydroxyl groups is 2. The monoisotopic (exact) mass is 832 g/mol. The van der Waals surface area contributed by atoms with Crippen LogP contribution in [0.2, 0.25) is 0 Å². The third-order valence-electron chi connectivity index (χ3n) is 12.0. The largest absolute Gasteiger partial charge is 0.466 e. The van der Waals surface area contributed by atoms with E-state index in [-0.39, 0.29) is 18.5 Å². The van der Waals surface area contributed by atoms with Crippen molar-refractivity contribution in [3.05, 3.63) is 24.3 Å². The minimum atomic E-state index is -0.860. The Morgan fingerprint density at radius 2 is 0.797 bits per heavy atom. The lowest BCUT2D eigenvalue weighted by Gasteiger charge is -2.20. The zero-order valence-corrected chi connectivity index (χ0v) is 39.5. The second-order valence-electron chi connectivity index (χ2n) is 17.9. The molecule has 0 saturated heterocycles. The normalized spacial score (nSPS) is 12.8. The third kappa shape index (κ3) is 45.7. The highest BCUT2D eigenvalue weighted by Crippen LogP contribution is 2.16. The quantitative estimate of drug-likeness (QED) is 0.0322. The van der Waals surface area contributed by atoms with E-state index in [1.807, 2.05) is 6.08 Å². The Kier molecular flexibility index (Phi) is 47.6. The van der Waals surface area contributed by atoms with Crippen LogP contribution in [0.1, 0.15) is 277 Å². The Bertz CT molecular complexity index is 920. The summed E-state index contributed by atoms with van der Waals surface area (Å²) in [4.78, 5) is 24.4. The van der Waals surface area contributed by atoms with E-state index in [1.54, 1.807) is 6.08 Å². The molecule has 0 aliphatic carbocycles. The van der Waals surface area contributed by atoms with Crippen LogP contribution in [-0.2, 0) is 14.3 Å². The van der Waals surface area contributed by atoms with Crippen molar-refractivity contribution >= 4 is 11.9 Å². The molecule has 1 amide bonds. The van der Waals surface area contributed by atoms with Gasteiger partial charge in [0.2, 0.25) is 5.91 Å². The lowest BCUT2D eigenvalue weighted by molar-refractivity contribution is -0.143. The van der Waals surface area contributed by atoms with Crippen LogP contribution in [0.4, 0.5) is 0 Å². The van der Waals surface area contributed by atoms with E-state index in [1.165, 1.54) is 173 Å². The number of nitrogens with one attached hydrogen (secondary N) is 1. The summed E-state index contributed by atoms with van der Waals surface area (Å²) in [7, 11) is 0. The molecule has 0 bridgehead atoms. The van der Waals surface area contributed by atoms with Gasteiger partial charge in [0, 0.05) is 12.8 Å². The lowest BCUT2D eigenvalue weighted by atomic mass is 10.0. The van der Waals surface area contributed by atoms with Gasteiger partial charge in [0.15, 0.2) is 0 Å². The Morgan fingerprint density at radius 3 is 1.20 bits per heavy atom. The molecule has 6 nitrogen and oxygen atoms in total. The molecule has 0 aliphatic heterocycles. The van der Waals surface area contributed by atoms with Gasteiger partial charge >= 0.3 is 5.97 Å². The van der Waals surface area contributed by atoms with Crippen LogP contribution >= 0.6 is 0 Å². The zero-order chi connectivity index (χ0) is 43.0. The van der Waals surface area contributed by atoms with Gasteiger partial charge in [-0.15, -0.1) is 0 Å². The molecule has 0 fully saturated rings. The molecular formula is C53H101NO5. The predicted octanol–water partition coefficient (Wildman–Crippen LogP) is 15.5. The van der Waals surface area contributed by atoms with Crippen molar-refractivity contribution in [2.75, 3.05) is 13.2 Å². The number of esters is 1. The number of unbranched alkanes of at least 4 members (excludes halogenated alkanes) is 35. The molecule has 0 aromatic rings. The smallest absolute Gasteiger partial charge is 0.305 e. The van der Waals surface area contributed by atoms with E-state index < -0.39 is 12.1 Å². The van der Waals surface area contributed by atoms with Crippen molar-refractivity contribution in [3.63, 3.8) is 0 Å². The van der Waals surface area contributed by atoms with Gasteiger partial charge in [0.1, 0.15) is 0 Å². The molecule has 0 aliphatic rings. The highest BCUT2D eigenvalue weighted by atomic mass is 16.5. The van der Waals surface area contributed by atoms with Gasteiger partial charge in [-0.2, -0.15) is 0 Å². The standard InChI is InChI=1S/C53H101NO5/c1-3-5-7-9-11-13-15-17-18-19-20-21-22-25-29-33-37-41-45-51(56)50(49-55)54-52(57)46-42-38-34-30-26-23-24-28-32-36-40-44-48-59-53(58)47-43-39-35-31-27-16-14-12-10-8-6-4-2/h24,28,41,45,50-51,55-56H,3-23,25-27,29-40,42-44,46-49H2,1-2H3,(H,54,57)/b28-24-,45-41+. The summed E-state index contributed by atoms with van der Waals surface area (Å²) in [6.07, 6.45) is 57.5. The first-order chi connectivity index (χ1) is 29.0. The van der Waals surface area contributed by atoms with Crippen molar-refractivity contribution in [2.24, 2.45) is 0 Å². The second kappa shape index (κ2) is 49.0. The first kappa shape index (κ1) is 57.3. The highest BCUT2D eigenvalue weighted by Gasteiger charge is 2.18. The maximum Gasteiger partial charge on any atom is 0.305 e. The third-order valence-corrected chi connectivity index (χ3v) is 12.0.